The molecule has 0 aliphatic carbocycles. The van der Waals surface area contributed by atoms with Crippen LogP contribution in [0.15, 0.2) is 0 Å². The summed E-state index contributed by atoms with van der Waals surface area (Å²) in [5.74, 6) is 0. The first-order chi connectivity index (χ1) is 7.22. The number of hydrogen-bond acceptors (Lipinski definition) is 7. The molecule has 1 fully saturated rings. The van der Waals surface area contributed by atoms with Crippen LogP contribution in [0.5, 0.6) is 0 Å². The first-order valence-electron chi connectivity index (χ1n) is 4.30. The van der Waals surface area contributed by atoms with Crippen LogP contribution >= 0.6 is 7.82 Å². The number of rotatable bonds is 5. The maximum absolute atomic E-state index is 10.3. The minimum Gasteiger partial charge on any atom is -0.388 e. The highest BCUT2D eigenvalue weighted by Crippen LogP contribution is 2.36. The van der Waals surface area contributed by atoms with E-state index in [2.05, 4.69) is 9.26 Å². The van der Waals surface area contributed by atoms with Gasteiger partial charge in [0.15, 0.2) is 6.29 Å². The lowest BCUT2D eigenvalue weighted by Gasteiger charge is -2.41. The third-order valence-electron chi connectivity index (χ3n) is 2.07. The average molecular weight is 260 g/mol. The Hall–Kier alpha value is -0.0900. The van der Waals surface area contributed by atoms with Crippen molar-refractivity contribution >= 4 is 7.82 Å². The molecule has 0 aromatic heterocycles. The van der Waals surface area contributed by atoms with Crippen molar-refractivity contribution in [2.24, 2.45) is 0 Å². The van der Waals surface area contributed by atoms with E-state index in [0.29, 0.717) is 0 Å². The van der Waals surface area contributed by atoms with E-state index in [1.807, 2.05) is 0 Å². The summed E-state index contributed by atoms with van der Waals surface area (Å²) in [6.07, 6.45) is -7.29. The van der Waals surface area contributed by atoms with Gasteiger partial charge in [-0.15, -0.1) is 0 Å². The van der Waals surface area contributed by atoms with Crippen molar-refractivity contribution in [3.05, 3.63) is 0 Å². The van der Waals surface area contributed by atoms with E-state index in [4.69, 9.17) is 20.0 Å². The van der Waals surface area contributed by atoms with E-state index in [1.165, 1.54) is 0 Å². The van der Waals surface area contributed by atoms with Crippen LogP contribution in [0.4, 0.5) is 0 Å². The van der Waals surface area contributed by atoms with Crippen molar-refractivity contribution in [3.8, 4) is 0 Å². The molecule has 10 heteroatoms. The lowest BCUT2D eigenvalue weighted by molar-refractivity contribution is -0.332. The molecule has 1 saturated heterocycles. The third-order valence-corrected chi connectivity index (χ3v) is 2.56. The Bertz CT molecular complexity index is 277. The zero-order chi connectivity index (χ0) is 12.5. The largest absolute Gasteiger partial charge is 0.469 e. The van der Waals surface area contributed by atoms with Crippen molar-refractivity contribution in [2.45, 2.75) is 30.7 Å². The van der Waals surface area contributed by atoms with Crippen LogP contribution in [0.1, 0.15) is 0 Å². The molecule has 1 aliphatic heterocycles. The van der Waals surface area contributed by atoms with E-state index in [0.717, 1.165) is 0 Å². The van der Waals surface area contributed by atoms with Gasteiger partial charge in [-0.3, -0.25) is 4.52 Å². The number of phosphoric ester groups is 1. The van der Waals surface area contributed by atoms with Gasteiger partial charge in [0.05, 0.1) is 6.61 Å². The number of phosphoric acid groups is 1. The summed E-state index contributed by atoms with van der Waals surface area (Å²) >= 11 is 0. The maximum atomic E-state index is 10.3. The molecule has 1 heterocycles. The molecule has 0 aromatic carbocycles. The number of ether oxygens (including phenoxy) is 1. The van der Waals surface area contributed by atoms with Crippen molar-refractivity contribution in [3.63, 3.8) is 0 Å². The first-order valence-corrected chi connectivity index (χ1v) is 5.83. The Morgan fingerprint density at radius 2 is 1.88 bits per heavy atom. The summed E-state index contributed by atoms with van der Waals surface area (Å²) in [6, 6.07) is 0. The van der Waals surface area contributed by atoms with E-state index in [-0.39, 0.29) is 0 Å². The number of aliphatic hydroxyl groups is 4. The lowest BCUT2D eigenvalue weighted by Crippen LogP contribution is -2.61. The van der Waals surface area contributed by atoms with Crippen LogP contribution in [0.25, 0.3) is 0 Å². The van der Waals surface area contributed by atoms with Gasteiger partial charge in [0, 0.05) is 0 Å². The van der Waals surface area contributed by atoms with Crippen molar-refractivity contribution in [1.82, 2.24) is 0 Å². The quantitative estimate of drug-likeness (QED) is 0.281. The maximum Gasteiger partial charge on any atom is 0.469 e. The van der Waals surface area contributed by atoms with E-state index < -0.39 is 45.1 Å². The predicted octanol–water partition coefficient (Wildman–Crippen LogP) is -3.10. The van der Waals surface area contributed by atoms with Crippen LogP contribution in [0.3, 0.4) is 0 Å². The van der Waals surface area contributed by atoms with Crippen LogP contribution in [-0.4, -0.2) is 67.5 Å². The molecule has 6 N–H and O–H groups in total. The molecule has 0 bridgehead atoms. The highest BCUT2D eigenvalue weighted by Gasteiger charge is 2.46. The molecule has 9 nitrogen and oxygen atoms in total. The fraction of sp³-hybridized carbons (Fsp3) is 1.00. The molecule has 0 aromatic rings. The second kappa shape index (κ2) is 5.05. The Kier molecular flexibility index (Phi) is 4.41. The fourth-order valence-electron chi connectivity index (χ4n) is 1.17. The van der Waals surface area contributed by atoms with Crippen LogP contribution in [-0.2, 0) is 13.8 Å². The van der Waals surface area contributed by atoms with E-state index >= 15 is 0 Å². The topological polar surface area (TPSA) is 157 Å². The Morgan fingerprint density at radius 3 is 2.25 bits per heavy atom. The standard InChI is InChI=1S/C6H13O9P/c7-2(1-14-16(11,12)13)3(8)5-4(9)6(10)15-5/h2-10H,1H2,(H2,11,12,13)/t2-,3-,4-,5-,6?/m1/s1. The second-order valence-corrected chi connectivity index (χ2v) is 4.57. The second-order valence-electron chi connectivity index (χ2n) is 3.33. The summed E-state index contributed by atoms with van der Waals surface area (Å²) in [5.41, 5.74) is 0. The number of aliphatic hydroxyl groups excluding tert-OH is 4. The minimum atomic E-state index is -4.73. The van der Waals surface area contributed by atoms with Gasteiger partial charge in [0.25, 0.3) is 0 Å². The Morgan fingerprint density at radius 1 is 1.31 bits per heavy atom. The molecular weight excluding hydrogens is 247 g/mol. The van der Waals surface area contributed by atoms with Crippen LogP contribution in [0, 0.1) is 0 Å². The fourth-order valence-corrected chi connectivity index (χ4v) is 1.52. The zero-order valence-electron chi connectivity index (χ0n) is 7.95. The SMILES string of the molecule is O=P(O)(O)OC[C@@H](O)[C@@H](O)[C@H]1OC(O)[C@@H]1O. The van der Waals surface area contributed by atoms with Crippen molar-refractivity contribution in [2.75, 3.05) is 6.61 Å². The van der Waals surface area contributed by atoms with Gasteiger partial charge < -0.3 is 34.9 Å². The molecule has 0 saturated carbocycles. The highest BCUT2D eigenvalue weighted by molar-refractivity contribution is 7.46. The monoisotopic (exact) mass is 260 g/mol. The summed E-state index contributed by atoms with van der Waals surface area (Å²) in [4.78, 5) is 16.7. The summed E-state index contributed by atoms with van der Waals surface area (Å²) < 4.78 is 18.7. The molecule has 16 heavy (non-hydrogen) atoms. The Balaban J connectivity index is 2.37. The molecule has 1 unspecified atom stereocenters. The predicted molar refractivity (Wildman–Crippen MR) is 46.9 cm³/mol. The van der Waals surface area contributed by atoms with Gasteiger partial charge in [-0.1, -0.05) is 0 Å². The molecule has 0 radical (unpaired) electrons. The van der Waals surface area contributed by atoms with E-state index in [9.17, 15) is 14.8 Å². The molecular formula is C6H13O9P. The molecule has 0 amide bonds. The highest BCUT2D eigenvalue weighted by atomic mass is 31.2. The van der Waals surface area contributed by atoms with Gasteiger partial charge in [-0.2, -0.15) is 0 Å². The zero-order valence-corrected chi connectivity index (χ0v) is 8.84. The number of hydrogen-bond donors (Lipinski definition) is 6. The van der Waals surface area contributed by atoms with Crippen molar-refractivity contribution < 1.29 is 44.0 Å². The smallest absolute Gasteiger partial charge is 0.388 e. The summed E-state index contributed by atoms with van der Waals surface area (Å²) in [7, 11) is -4.73. The van der Waals surface area contributed by atoms with Gasteiger partial charge in [0.1, 0.15) is 24.4 Å². The molecule has 1 aliphatic rings. The lowest BCUT2D eigenvalue weighted by atomic mass is 9.98. The molecule has 5 atom stereocenters. The van der Waals surface area contributed by atoms with Crippen molar-refractivity contribution in [1.29, 1.82) is 0 Å². The van der Waals surface area contributed by atoms with Gasteiger partial charge in [-0.25, -0.2) is 4.57 Å². The molecule has 0 spiro atoms. The van der Waals surface area contributed by atoms with Gasteiger partial charge >= 0.3 is 7.82 Å². The minimum absolute atomic E-state index is 0.825. The van der Waals surface area contributed by atoms with E-state index in [1.54, 1.807) is 0 Å². The summed E-state index contributed by atoms with van der Waals surface area (Å²) in [6.45, 7) is -0.825. The van der Waals surface area contributed by atoms with Crippen LogP contribution in [0.2, 0.25) is 0 Å². The summed E-state index contributed by atoms with van der Waals surface area (Å²) in [5, 5.41) is 36.4. The normalized spacial score (nSPS) is 34.2. The molecule has 96 valence electrons. The Labute approximate surface area is 90.1 Å². The van der Waals surface area contributed by atoms with Gasteiger partial charge in [-0.05, 0) is 0 Å². The van der Waals surface area contributed by atoms with Crippen LogP contribution < -0.4 is 0 Å². The molecule has 1 rings (SSSR count). The average Bonchev–Trinajstić information content (AvgIpc) is 2.19. The first kappa shape index (κ1) is 14.0. The third kappa shape index (κ3) is 3.45. The van der Waals surface area contributed by atoms with Gasteiger partial charge in [0.2, 0.25) is 0 Å².